The fourth-order valence-electron chi connectivity index (χ4n) is 9.60. The van der Waals surface area contributed by atoms with Crippen molar-refractivity contribution in [1.82, 2.24) is 34.9 Å². The van der Waals surface area contributed by atoms with Crippen LogP contribution in [-0.2, 0) is 22.6 Å². The van der Waals surface area contributed by atoms with Gasteiger partial charge in [-0.2, -0.15) is 0 Å². The van der Waals surface area contributed by atoms with Crippen LogP contribution < -0.4 is 26.2 Å². The molecule has 0 spiro atoms. The minimum absolute atomic E-state index is 0. The van der Waals surface area contributed by atoms with Gasteiger partial charge in [-0.25, -0.2) is 14.8 Å². The number of rotatable bonds is 9. The summed E-state index contributed by atoms with van der Waals surface area (Å²) in [4.78, 5) is 96.6. The van der Waals surface area contributed by atoms with E-state index in [2.05, 4.69) is 42.5 Å². The highest BCUT2D eigenvalue weighted by atomic mass is 16.2. The largest absolute Gasteiger partial charge is 0.371 e. The number of aromatic nitrogens is 2. The van der Waals surface area contributed by atoms with Gasteiger partial charge in [0.05, 0.1) is 23.4 Å². The van der Waals surface area contributed by atoms with E-state index < -0.39 is 35.6 Å². The molecule has 4 N–H and O–H groups in total. The van der Waals surface area contributed by atoms with E-state index in [0.29, 0.717) is 36.2 Å². The third-order valence-corrected chi connectivity index (χ3v) is 12.9. The van der Waals surface area contributed by atoms with Crippen LogP contribution in [0.3, 0.4) is 0 Å². The minimum Gasteiger partial charge on any atom is -0.371 e. The molecule has 4 fully saturated rings. The number of fused-ring (bicyclic) bond motifs is 2. The van der Waals surface area contributed by atoms with E-state index in [4.69, 9.17) is 10.7 Å². The van der Waals surface area contributed by atoms with Crippen molar-refractivity contribution in [1.29, 1.82) is 0 Å². The predicted octanol–water partition coefficient (Wildman–Crippen LogP) is 2.58. The van der Waals surface area contributed by atoms with Gasteiger partial charge in [0.1, 0.15) is 11.9 Å². The third kappa shape index (κ3) is 7.43. The molecule has 310 valence electrons. The summed E-state index contributed by atoms with van der Waals surface area (Å²) < 4.78 is 0. The van der Waals surface area contributed by atoms with E-state index in [0.717, 1.165) is 94.2 Å². The Kier molecular flexibility index (Phi) is 10.1. The molecule has 4 saturated heterocycles. The Hall–Kier alpha value is -6.10. The first kappa shape index (κ1) is 38.4. The van der Waals surface area contributed by atoms with E-state index in [1.807, 2.05) is 24.1 Å². The molecule has 17 heteroatoms. The zero-order valence-electron chi connectivity index (χ0n) is 33.2. The molecule has 1 unspecified atom stereocenters. The number of primary amides is 1. The van der Waals surface area contributed by atoms with Crippen LogP contribution in [0.4, 0.5) is 27.8 Å². The van der Waals surface area contributed by atoms with Crippen molar-refractivity contribution in [3.63, 3.8) is 0 Å². The lowest BCUT2D eigenvalue weighted by Gasteiger charge is -2.38. The van der Waals surface area contributed by atoms with Crippen LogP contribution in [0.2, 0.25) is 0 Å². The van der Waals surface area contributed by atoms with Gasteiger partial charge in [-0.1, -0.05) is 6.07 Å². The van der Waals surface area contributed by atoms with Gasteiger partial charge in [0.25, 0.3) is 17.7 Å². The maximum atomic E-state index is 13.4. The number of carbonyl (C=O) groups is 6. The highest BCUT2D eigenvalue weighted by molar-refractivity contribution is 6.23. The molecule has 0 radical (unpaired) electrons. The Balaban J connectivity index is 0.00000499. The normalized spacial score (nSPS) is 22.9. The van der Waals surface area contributed by atoms with Crippen LogP contribution in [0.1, 0.15) is 82.3 Å². The summed E-state index contributed by atoms with van der Waals surface area (Å²) in [5.41, 5.74) is 10.6. The number of piperidine rings is 3. The number of nitrogens with one attached hydrogen (secondary N) is 2. The Morgan fingerprint density at radius 3 is 2.46 bits per heavy atom. The number of nitrogens with two attached hydrogens (primary N) is 1. The maximum Gasteiger partial charge on any atom is 0.320 e. The van der Waals surface area contributed by atoms with Gasteiger partial charge in [-0.15, -0.1) is 0 Å². The number of carbonyl (C=O) groups excluding carboxylic acids is 6. The highest BCUT2D eigenvalue weighted by Crippen LogP contribution is 2.34. The van der Waals surface area contributed by atoms with Gasteiger partial charge in [0.2, 0.25) is 11.8 Å². The molecule has 2 atom stereocenters. The number of amides is 7. The first-order chi connectivity index (χ1) is 28.5. The topological polar surface area (TPSA) is 198 Å². The van der Waals surface area contributed by atoms with E-state index in [1.54, 1.807) is 23.2 Å². The van der Waals surface area contributed by atoms with Crippen molar-refractivity contribution in [2.24, 2.45) is 11.7 Å². The smallest absolute Gasteiger partial charge is 0.320 e. The summed E-state index contributed by atoms with van der Waals surface area (Å²) in [5.74, 6) is -1.19. The number of imide groups is 2. The first-order valence-electron chi connectivity index (χ1n) is 20.7. The Labute approximate surface area is 343 Å². The number of hydrogen-bond acceptors (Lipinski definition) is 12. The van der Waals surface area contributed by atoms with Crippen molar-refractivity contribution >= 4 is 58.6 Å². The molecule has 1 aromatic heterocycles. The summed E-state index contributed by atoms with van der Waals surface area (Å²) in [7, 11) is 1.83. The lowest BCUT2D eigenvalue weighted by atomic mass is 9.93. The Morgan fingerprint density at radius 1 is 0.881 bits per heavy atom. The second-order valence-electron chi connectivity index (χ2n) is 16.6. The molecule has 17 nitrogen and oxygen atoms in total. The van der Waals surface area contributed by atoms with Gasteiger partial charge in [0.15, 0.2) is 11.5 Å². The standard InChI is InChI=1S/C42H49N11O6.H2/c1-48-17-18-52(42(48)59)30-3-2-13-51(24-30)34-21-44-36(37(43)55)38(46-34)45-28-5-4-27-23-49(14-12-26(27)19-28)22-25-10-15-50(16-11-25)29-6-7-31-32(20-29)41(58)53(40(31)57)33-8-9-35(54)47-39(33)56;/h4-7,19-21,25,30,33H,2-3,8-18,22-24H2,1H3,(H2,43,55)(H,45,46)(H,47,54,56);1H/t30-,33?;/m1./s1. The minimum atomic E-state index is -0.981. The number of benzene rings is 2. The van der Waals surface area contributed by atoms with Crippen molar-refractivity contribution in [3.8, 4) is 0 Å². The molecule has 6 aliphatic heterocycles. The molecule has 0 aliphatic carbocycles. The second kappa shape index (κ2) is 15.6. The van der Waals surface area contributed by atoms with Crippen LogP contribution in [-0.4, -0.2) is 137 Å². The van der Waals surface area contributed by atoms with Gasteiger partial charge in [-0.3, -0.25) is 39.1 Å². The summed E-state index contributed by atoms with van der Waals surface area (Å²) >= 11 is 0. The average Bonchev–Trinajstić information content (AvgIpc) is 3.70. The van der Waals surface area contributed by atoms with Gasteiger partial charge in [0, 0.05) is 85.2 Å². The SMILES string of the molecule is CN1CCN([C@@H]2CCCN(c3cnc(C(N)=O)c(Nc4ccc5c(c4)CCN(CC4CCN(c6ccc7c(c6)C(=O)N(C6CCC(=O)NC6=O)C7=O)CC4)C5)n3)C2)C1=O.[HH]. The molecule has 2 aromatic carbocycles. The zero-order valence-corrected chi connectivity index (χ0v) is 33.2. The fourth-order valence-corrected chi connectivity index (χ4v) is 9.60. The molecule has 7 heterocycles. The lowest BCUT2D eigenvalue weighted by Crippen LogP contribution is -2.54. The van der Waals surface area contributed by atoms with Gasteiger partial charge in [-0.05, 0) is 85.9 Å². The summed E-state index contributed by atoms with van der Waals surface area (Å²) in [6.07, 6.45) is 6.53. The summed E-state index contributed by atoms with van der Waals surface area (Å²) in [6.45, 7) is 7.27. The van der Waals surface area contributed by atoms with Crippen molar-refractivity contribution in [2.75, 3.05) is 74.5 Å². The van der Waals surface area contributed by atoms with E-state index in [1.165, 1.54) is 11.1 Å². The van der Waals surface area contributed by atoms with Gasteiger partial charge < -0.3 is 30.7 Å². The monoisotopic (exact) mass is 805 g/mol. The number of likely N-dealkylation sites (N-methyl/N-ethyl adjacent to an activating group) is 1. The van der Waals surface area contributed by atoms with Crippen LogP contribution in [0.15, 0.2) is 42.6 Å². The molecule has 59 heavy (non-hydrogen) atoms. The van der Waals surface area contributed by atoms with E-state index >= 15 is 0 Å². The van der Waals surface area contributed by atoms with Crippen LogP contribution in [0, 0.1) is 5.92 Å². The van der Waals surface area contributed by atoms with Crippen LogP contribution >= 0.6 is 0 Å². The van der Waals surface area contributed by atoms with Crippen molar-refractivity contribution in [3.05, 3.63) is 70.5 Å². The molecule has 0 saturated carbocycles. The van der Waals surface area contributed by atoms with Crippen molar-refractivity contribution in [2.45, 2.75) is 63.6 Å². The number of urea groups is 1. The Bertz CT molecular complexity index is 2250. The molecule has 0 bridgehead atoms. The van der Waals surface area contributed by atoms with Crippen LogP contribution in [0.5, 0.6) is 0 Å². The number of nitrogens with zero attached hydrogens (tertiary/aromatic N) is 8. The van der Waals surface area contributed by atoms with Gasteiger partial charge >= 0.3 is 6.03 Å². The molecular weight excluding hydrogens is 755 g/mol. The third-order valence-electron chi connectivity index (χ3n) is 12.9. The average molecular weight is 806 g/mol. The summed E-state index contributed by atoms with van der Waals surface area (Å²) in [5, 5.41) is 5.58. The predicted molar refractivity (Wildman–Crippen MR) is 219 cm³/mol. The summed E-state index contributed by atoms with van der Waals surface area (Å²) in [6, 6.07) is 10.8. The molecule has 7 amide bonds. The number of anilines is 4. The fraction of sp³-hybridized carbons (Fsp3) is 0.476. The molecule has 6 aliphatic rings. The Morgan fingerprint density at radius 2 is 1.69 bits per heavy atom. The molecule has 9 rings (SSSR count). The lowest BCUT2D eigenvalue weighted by molar-refractivity contribution is -0.136. The highest BCUT2D eigenvalue weighted by Gasteiger charge is 2.45. The van der Waals surface area contributed by atoms with E-state index in [9.17, 15) is 28.8 Å². The zero-order chi connectivity index (χ0) is 40.9. The first-order valence-corrected chi connectivity index (χ1v) is 20.7. The molecule has 3 aromatic rings. The van der Waals surface area contributed by atoms with E-state index in [-0.39, 0.29) is 37.6 Å². The number of hydrogen-bond donors (Lipinski definition) is 3. The molecular formula is C42H51N11O6. The second-order valence-corrected chi connectivity index (χ2v) is 16.6. The quantitative estimate of drug-likeness (QED) is 0.268. The van der Waals surface area contributed by atoms with Crippen LogP contribution in [0.25, 0.3) is 0 Å². The maximum absolute atomic E-state index is 13.4. The van der Waals surface area contributed by atoms with Crippen molar-refractivity contribution < 1.29 is 30.2 Å².